The quantitative estimate of drug-likeness (QED) is 0.335. The highest BCUT2D eigenvalue weighted by Crippen LogP contribution is 2.18. The first kappa shape index (κ1) is 21.9. The summed E-state index contributed by atoms with van der Waals surface area (Å²) in [5.74, 6) is 0. The van der Waals surface area contributed by atoms with Crippen LogP contribution < -0.4 is 0 Å². The molecular weight excluding hydrogens is 300 g/mol. The second kappa shape index (κ2) is 13.3. The Morgan fingerprint density at radius 1 is 0.727 bits per heavy atom. The first-order chi connectivity index (χ1) is 10.4. The summed E-state index contributed by atoms with van der Waals surface area (Å²) < 4.78 is 31.8. The Labute approximate surface area is 137 Å². The van der Waals surface area contributed by atoms with Crippen LogP contribution in [-0.4, -0.2) is 29.4 Å². The topological polar surface area (TPSA) is 74.6 Å². The van der Waals surface area contributed by atoms with Crippen LogP contribution in [0.2, 0.25) is 0 Å². The fraction of sp³-hybridized carbons (Fsp3) is 1.00. The minimum Gasteiger partial charge on any atom is -0.393 e. The molecule has 22 heavy (non-hydrogen) atoms. The lowest BCUT2D eigenvalue weighted by Crippen LogP contribution is -2.20. The van der Waals surface area contributed by atoms with Crippen molar-refractivity contribution >= 4 is 10.1 Å². The molecule has 0 saturated carbocycles. The van der Waals surface area contributed by atoms with E-state index in [-0.39, 0.29) is 6.10 Å². The van der Waals surface area contributed by atoms with E-state index in [9.17, 15) is 18.1 Å². The SMILES string of the molecule is CCCCCC(O)CCCCCCC(CCCC)S(=O)(=O)O. The van der Waals surface area contributed by atoms with Gasteiger partial charge in [0.05, 0.1) is 11.4 Å². The predicted molar refractivity (Wildman–Crippen MR) is 92.7 cm³/mol. The molecular formula is C17H36O4S. The minimum atomic E-state index is -3.90. The Morgan fingerprint density at radius 3 is 1.68 bits per heavy atom. The van der Waals surface area contributed by atoms with E-state index < -0.39 is 15.4 Å². The normalized spacial score (nSPS) is 14.9. The third-order valence-electron chi connectivity index (χ3n) is 4.26. The number of aliphatic hydroxyl groups excluding tert-OH is 1. The van der Waals surface area contributed by atoms with Gasteiger partial charge in [0.2, 0.25) is 0 Å². The summed E-state index contributed by atoms with van der Waals surface area (Å²) >= 11 is 0. The van der Waals surface area contributed by atoms with Crippen molar-refractivity contribution in [3.63, 3.8) is 0 Å². The molecule has 0 aliphatic heterocycles. The van der Waals surface area contributed by atoms with Crippen LogP contribution in [0, 0.1) is 0 Å². The molecule has 2 unspecified atom stereocenters. The largest absolute Gasteiger partial charge is 0.393 e. The maximum Gasteiger partial charge on any atom is 0.267 e. The van der Waals surface area contributed by atoms with E-state index in [2.05, 4.69) is 6.92 Å². The standard InChI is InChI=1S/C17H36O4S/c1-3-5-9-12-16(18)13-10-7-8-11-15-17(14-6-4-2)22(19,20)21/h16-18H,3-15H2,1-2H3,(H,19,20,21). The molecule has 0 saturated heterocycles. The van der Waals surface area contributed by atoms with Crippen LogP contribution in [0.4, 0.5) is 0 Å². The van der Waals surface area contributed by atoms with Crippen molar-refractivity contribution in [3.05, 3.63) is 0 Å². The zero-order valence-corrected chi connectivity index (χ0v) is 15.3. The summed E-state index contributed by atoms with van der Waals surface area (Å²) in [5.41, 5.74) is 0. The van der Waals surface area contributed by atoms with Gasteiger partial charge >= 0.3 is 0 Å². The number of hydrogen-bond donors (Lipinski definition) is 2. The maximum absolute atomic E-state index is 11.3. The van der Waals surface area contributed by atoms with E-state index in [4.69, 9.17) is 0 Å². The van der Waals surface area contributed by atoms with E-state index in [1.165, 1.54) is 12.8 Å². The number of rotatable bonds is 15. The fourth-order valence-electron chi connectivity index (χ4n) is 2.75. The maximum atomic E-state index is 11.3. The first-order valence-electron chi connectivity index (χ1n) is 9.06. The molecule has 2 atom stereocenters. The third-order valence-corrected chi connectivity index (χ3v) is 5.57. The minimum absolute atomic E-state index is 0.179. The van der Waals surface area contributed by atoms with Crippen molar-refractivity contribution in [2.45, 2.75) is 109 Å². The van der Waals surface area contributed by atoms with E-state index in [0.29, 0.717) is 12.8 Å². The highest BCUT2D eigenvalue weighted by Gasteiger charge is 2.21. The highest BCUT2D eigenvalue weighted by molar-refractivity contribution is 7.86. The van der Waals surface area contributed by atoms with Gasteiger partial charge in [-0.3, -0.25) is 4.55 Å². The van der Waals surface area contributed by atoms with Crippen LogP contribution in [0.25, 0.3) is 0 Å². The summed E-state index contributed by atoms with van der Waals surface area (Å²) in [6, 6.07) is 0. The third kappa shape index (κ3) is 12.4. The Balaban J connectivity index is 3.69. The Kier molecular flexibility index (Phi) is 13.2. The monoisotopic (exact) mass is 336 g/mol. The van der Waals surface area contributed by atoms with Gasteiger partial charge in [0.1, 0.15) is 0 Å². The Hall–Kier alpha value is -0.130. The second-order valence-electron chi connectivity index (χ2n) is 6.42. The number of unbranched alkanes of at least 4 members (excludes halogenated alkanes) is 6. The van der Waals surface area contributed by atoms with Gasteiger partial charge in [-0.2, -0.15) is 8.42 Å². The molecule has 0 aromatic rings. The van der Waals surface area contributed by atoms with Crippen molar-refractivity contribution in [2.24, 2.45) is 0 Å². The fourth-order valence-corrected chi connectivity index (χ4v) is 3.68. The summed E-state index contributed by atoms with van der Waals surface area (Å²) in [5, 5.41) is 9.22. The van der Waals surface area contributed by atoms with Crippen LogP contribution in [0.15, 0.2) is 0 Å². The van der Waals surface area contributed by atoms with Crippen LogP contribution in [0.5, 0.6) is 0 Å². The molecule has 4 nitrogen and oxygen atoms in total. The van der Waals surface area contributed by atoms with Gasteiger partial charge in [-0.05, 0) is 25.7 Å². The van der Waals surface area contributed by atoms with Crippen molar-refractivity contribution in [1.82, 2.24) is 0 Å². The molecule has 0 aromatic carbocycles. The zero-order valence-electron chi connectivity index (χ0n) is 14.5. The lowest BCUT2D eigenvalue weighted by Gasteiger charge is -2.13. The van der Waals surface area contributed by atoms with Crippen LogP contribution >= 0.6 is 0 Å². The van der Waals surface area contributed by atoms with E-state index in [1.54, 1.807) is 0 Å². The van der Waals surface area contributed by atoms with Crippen LogP contribution in [0.1, 0.15) is 97.3 Å². The van der Waals surface area contributed by atoms with Gasteiger partial charge in [0, 0.05) is 0 Å². The van der Waals surface area contributed by atoms with Gasteiger partial charge in [0.25, 0.3) is 10.1 Å². The second-order valence-corrected chi connectivity index (χ2v) is 8.12. The Bertz CT molecular complexity index is 341. The molecule has 0 aromatic heterocycles. The van der Waals surface area contributed by atoms with Crippen LogP contribution in [0.3, 0.4) is 0 Å². The molecule has 0 fully saturated rings. The van der Waals surface area contributed by atoms with Gasteiger partial charge in [-0.1, -0.05) is 71.6 Å². The predicted octanol–water partition coefficient (Wildman–Crippen LogP) is 4.71. The molecule has 0 radical (unpaired) electrons. The van der Waals surface area contributed by atoms with E-state index in [0.717, 1.165) is 57.8 Å². The van der Waals surface area contributed by atoms with Gasteiger partial charge in [-0.15, -0.1) is 0 Å². The van der Waals surface area contributed by atoms with Crippen LogP contribution in [-0.2, 0) is 10.1 Å². The van der Waals surface area contributed by atoms with Crippen molar-refractivity contribution in [2.75, 3.05) is 0 Å². The molecule has 134 valence electrons. The molecule has 0 rings (SSSR count). The first-order valence-corrected chi connectivity index (χ1v) is 10.6. The molecule has 0 aliphatic carbocycles. The van der Waals surface area contributed by atoms with E-state index >= 15 is 0 Å². The summed E-state index contributed by atoms with van der Waals surface area (Å²) in [6.45, 7) is 4.18. The smallest absolute Gasteiger partial charge is 0.267 e. The van der Waals surface area contributed by atoms with E-state index in [1.807, 2.05) is 6.92 Å². The molecule has 0 amide bonds. The molecule has 0 aliphatic rings. The summed E-state index contributed by atoms with van der Waals surface area (Å²) in [6.07, 6.45) is 11.8. The lowest BCUT2D eigenvalue weighted by atomic mass is 10.0. The lowest BCUT2D eigenvalue weighted by molar-refractivity contribution is 0.147. The van der Waals surface area contributed by atoms with Crippen molar-refractivity contribution in [3.8, 4) is 0 Å². The van der Waals surface area contributed by atoms with Gasteiger partial charge in [-0.25, -0.2) is 0 Å². The molecule has 2 N–H and O–H groups in total. The van der Waals surface area contributed by atoms with Gasteiger partial charge in [0.15, 0.2) is 0 Å². The molecule has 0 bridgehead atoms. The average molecular weight is 337 g/mol. The molecule has 0 heterocycles. The zero-order chi connectivity index (χ0) is 16.8. The molecule has 5 heteroatoms. The summed E-state index contributed by atoms with van der Waals surface area (Å²) in [7, 11) is -3.90. The highest BCUT2D eigenvalue weighted by atomic mass is 32.2. The number of aliphatic hydroxyl groups is 1. The number of hydrogen-bond acceptors (Lipinski definition) is 3. The van der Waals surface area contributed by atoms with Crippen molar-refractivity contribution < 1.29 is 18.1 Å². The van der Waals surface area contributed by atoms with Gasteiger partial charge < -0.3 is 5.11 Å². The van der Waals surface area contributed by atoms with Crippen molar-refractivity contribution in [1.29, 1.82) is 0 Å². The Morgan fingerprint density at radius 2 is 1.18 bits per heavy atom. The summed E-state index contributed by atoms with van der Waals surface area (Å²) in [4.78, 5) is 0. The molecule has 0 spiro atoms. The average Bonchev–Trinajstić information content (AvgIpc) is 2.44.